The van der Waals surface area contributed by atoms with Gasteiger partial charge in [-0.25, -0.2) is 4.79 Å². The number of carbonyl (C=O) groups excluding carboxylic acids is 1. The van der Waals surface area contributed by atoms with Crippen molar-refractivity contribution >= 4 is 11.9 Å². The number of aromatic carboxylic acids is 1. The Labute approximate surface area is 123 Å². The second kappa shape index (κ2) is 6.47. The first-order valence-corrected chi connectivity index (χ1v) is 6.84. The Morgan fingerprint density at radius 2 is 2.14 bits per heavy atom. The number of hydrogen-bond donors (Lipinski definition) is 2. The van der Waals surface area contributed by atoms with Crippen molar-refractivity contribution in [3.05, 3.63) is 23.8 Å². The third-order valence-electron chi connectivity index (χ3n) is 3.49. The molecule has 0 saturated heterocycles. The van der Waals surface area contributed by atoms with Crippen LogP contribution in [0.4, 0.5) is 0 Å². The zero-order valence-corrected chi connectivity index (χ0v) is 12.1. The van der Waals surface area contributed by atoms with Crippen LogP contribution in [0.15, 0.2) is 18.2 Å². The van der Waals surface area contributed by atoms with E-state index >= 15 is 0 Å². The molecule has 0 unspecified atom stereocenters. The zero-order chi connectivity index (χ0) is 15.4. The smallest absolute Gasteiger partial charge is 0.339 e. The van der Waals surface area contributed by atoms with E-state index < -0.39 is 5.97 Å². The molecule has 6 heteroatoms. The zero-order valence-electron chi connectivity index (χ0n) is 12.1. The molecule has 2 N–H and O–H groups in total. The summed E-state index contributed by atoms with van der Waals surface area (Å²) in [5.41, 5.74) is -0.0302. The van der Waals surface area contributed by atoms with Gasteiger partial charge < -0.3 is 19.9 Å². The lowest BCUT2D eigenvalue weighted by molar-refractivity contribution is -0.123. The largest absolute Gasteiger partial charge is 0.497 e. The Bertz CT molecular complexity index is 539. The lowest BCUT2D eigenvalue weighted by Crippen LogP contribution is -2.37. The predicted molar refractivity (Wildman–Crippen MR) is 75.8 cm³/mol. The summed E-state index contributed by atoms with van der Waals surface area (Å²) in [5.74, 6) is -0.245. The molecule has 1 aliphatic carbocycles. The molecule has 21 heavy (non-hydrogen) atoms. The minimum absolute atomic E-state index is 0.0302. The van der Waals surface area contributed by atoms with E-state index in [1.54, 1.807) is 6.07 Å². The van der Waals surface area contributed by atoms with Crippen molar-refractivity contribution in [2.24, 2.45) is 5.92 Å². The van der Waals surface area contributed by atoms with Crippen molar-refractivity contribution in [2.45, 2.75) is 25.8 Å². The fraction of sp³-hybridized carbons (Fsp3) is 0.467. The maximum Gasteiger partial charge on any atom is 0.339 e. The monoisotopic (exact) mass is 293 g/mol. The Morgan fingerprint density at radius 1 is 1.43 bits per heavy atom. The molecule has 1 amide bonds. The molecule has 0 radical (unpaired) electrons. The molecule has 1 saturated carbocycles. The molecule has 0 spiro atoms. The summed E-state index contributed by atoms with van der Waals surface area (Å²) >= 11 is 0. The number of hydrogen-bond acceptors (Lipinski definition) is 4. The van der Waals surface area contributed by atoms with E-state index in [1.807, 2.05) is 6.92 Å². The number of carbonyl (C=O) groups is 2. The molecule has 0 bridgehead atoms. The normalized spacial score (nSPS) is 15.1. The standard InChI is InChI=1S/C15H19NO5/c1-9(10-3-4-10)16-14(17)8-21-13-6-5-11(20-2)7-12(13)15(18)19/h5-7,9-10H,3-4,8H2,1-2H3,(H,16,17)(H,18,19)/t9-/m1/s1. The molecule has 1 aromatic rings. The molecule has 1 atom stereocenters. The van der Waals surface area contributed by atoms with E-state index in [0.29, 0.717) is 11.7 Å². The number of benzene rings is 1. The molecule has 0 aliphatic heterocycles. The summed E-state index contributed by atoms with van der Waals surface area (Å²) in [6.07, 6.45) is 2.29. The molecule has 6 nitrogen and oxygen atoms in total. The van der Waals surface area contributed by atoms with Crippen LogP contribution in [0.5, 0.6) is 11.5 Å². The van der Waals surface area contributed by atoms with Crippen LogP contribution < -0.4 is 14.8 Å². The quantitative estimate of drug-likeness (QED) is 0.799. The molecule has 114 valence electrons. The molecular formula is C15H19NO5. The van der Waals surface area contributed by atoms with Gasteiger partial charge in [-0.3, -0.25) is 4.79 Å². The predicted octanol–water partition coefficient (Wildman–Crippen LogP) is 1.69. The number of ether oxygens (including phenoxy) is 2. The summed E-state index contributed by atoms with van der Waals surface area (Å²) in [6.45, 7) is 1.76. The Kier molecular flexibility index (Phi) is 4.67. The summed E-state index contributed by atoms with van der Waals surface area (Å²) < 4.78 is 10.3. The molecule has 0 heterocycles. The number of carboxylic acids is 1. The average molecular weight is 293 g/mol. The van der Waals surface area contributed by atoms with Crippen LogP contribution in [0.3, 0.4) is 0 Å². The third kappa shape index (κ3) is 4.11. The third-order valence-corrected chi connectivity index (χ3v) is 3.49. The van der Waals surface area contributed by atoms with Crippen LogP contribution in [-0.4, -0.2) is 36.7 Å². The van der Waals surface area contributed by atoms with Crippen molar-refractivity contribution in [3.63, 3.8) is 0 Å². The minimum Gasteiger partial charge on any atom is -0.497 e. The van der Waals surface area contributed by atoms with Crippen LogP contribution in [0.25, 0.3) is 0 Å². The highest BCUT2D eigenvalue weighted by Gasteiger charge is 2.28. The highest BCUT2D eigenvalue weighted by molar-refractivity contribution is 5.91. The number of amides is 1. The van der Waals surface area contributed by atoms with Crippen molar-refractivity contribution in [2.75, 3.05) is 13.7 Å². The van der Waals surface area contributed by atoms with Crippen molar-refractivity contribution in [1.29, 1.82) is 0 Å². The molecule has 2 rings (SSSR count). The maximum atomic E-state index is 11.8. The van der Waals surface area contributed by atoms with Gasteiger partial charge in [0, 0.05) is 6.04 Å². The van der Waals surface area contributed by atoms with Gasteiger partial charge >= 0.3 is 5.97 Å². The van der Waals surface area contributed by atoms with E-state index in [9.17, 15) is 9.59 Å². The fourth-order valence-electron chi connectivity index (χ4n) is 2.08. The van der Waals surface area contributed by atoms with Gasteiger partial charge in [0.2, 0.25) is 0 Å². The maximum absolute atomic E-state index is 11.8. The lowest BCUT2D eigenvalue weighted by atomic mass is 10.2. The molecule has 1 fully saturated rings. The van der Waals surface area contributed by atoms with Gasteiger partial charge in [0.1, 0.15) is 17.1 Å². The van der Waals surface area contributed by atoms with Crippen molar-refractivity contribution < 1.29 is 24.2 Å². The summed E-state index contributed by atoms with van der Waals surface area (Å²) in [5, 5.41) is 12.0. The number of methoxy groups -OCH3 is 1. The van der Waals surface area contributed by atoms with E-state index in [-0.39, 0.29) is 29.9 Å². The highest BCUT2D eigenvalue weighted by Crippen LogP contribution is 2.32. The van der Waals surface area contributed by atoms with E-state index in [1.165, 1.54) is 19.2 Å². The van der Waals surface area contributed by atoms with Gasteiger partial charge in [0.15, 0.2) is 6.61 Å². The van der Waals surface area contributed by atoms with Crippen LogP contribution in [0, 0.1) is 5.92 Å². The van der Waals surface area contributed by atoms with Gasteiger partial charge in [-0.05, 0) is 43.9 Å². The summed E-state index contributed by atoms with van der Waals surface area (Å²) in [6, 6.07) is 4.57. The fourth-order valence-corrected chi connectivity index (χ4v) is 2.08. The van der Waals surface area contributed by atoms with Crippen LogP contribution in [0.2, 0.25) is 0 Å². The highest BCUT2D eigenvalue weighted by atomic mass is 16.5. The first-order valence-electron chi connectivity index (χ1n) is 6.84. The van der Waals surface area contributed by atoms with E-state index in [2.05, 4.69) is 5.32 Å². The van der Waals surface area contributed by atoms with Gasteiger partial charge in [0.25, 0.3) is 5.91 Å². The summed E-state index contributed by atoms with van der Waals surface area (Å²) in [7, 11) is 1.45. The van der Waals surface area contributed by atoms with E-state index in [4.69, 9.17) is 14.6 Å². The number of rotatable bonds is 7. The summed E-state index contributed by atoms with van der Waals surface area (Å²) in [4.78, 5) is 22.9. The lowest BCUT2D eigenvalue weighted by Gasteiger charge is -2.14. The first-order chi connectivity index (χ1) is 10.0. The van der Waals surface area contributed by atoms with Gasteiger partial charge in [0.05, 0.1) is 7.11 Å². The SMILES string of the molecule is COc1ccc(OCC(=O)N[C@H](C)C2CC2)c(C(=O)O)c1. The number of nitrogens with one attached hydrogen (secondary N) is 1. The molecule has 1 aliphatic rings. The van der Waals surface area contributed by atoms with Crippen molar-refractivity contribution in [1.82, 2.24) is 5.32 Å². The topological polar surface area (TPSA) is 84.9 Å². The Hall–Kier alpha value is -2.24. The molecule has 0 aromatic heterocycles. The average Bonchev–Trinajstić information content (AvgIpc) is 3.29. The van der Waals surface area contributed by atoms with E-state index in [0.717, 1.165) is 12.8 Å². The van der Waals surface area contributed by atoms with Gasteiger partial charge in [-0.2, -0.15) is 0 Å². The van der Waals surface area contributed by atoms with Gasteiger partial charge in [-0.1, -0.05) is 0 Å². The van der Waals surface area contributed by atoms with Gasteiger partial charge in [-0.15, -0.1) is 0 Å². The van der Waals surface area contributed by atoms with Crippen LogP contribution in [-0.2, 0) is 4.79 Å². The van der Waals surface area contributed by atoms with Crippen LogP contribution >= 0.6 is 0 Å². The van der Waals surface area contributed by atoms with Crippen LogP contribution in [0.1, 0.15) is 30.1 Å². The second-order valence-corrected chi connectivity index (χ2v) is 5.15. The molecular weight excluding hydrogens is 274 g/mol. The molecule has 1 aromatic carbocycles. The Balaban J connectivity index is 1.95. The Morgan fingerprint density at radius 3 is 2.71 bits per heavy atom. The van der Waals surface area contributed by atoms with Crippen molar-refractivity contribution in [3.8, 4) is 11.5 Å². The number of carboxylic acid groups (broad SMARTS) is 1. The minimum atomic E-state index is -1.13. The second-order valence-electron chi connectivity index (χ2n) is 5.15. The first kappa shape index (κ1) is 15.2.